The lowest BCUT2D eigenvalue weighted by molar-refractivity contribution is -0.377. The zero-order valence-electron chi connectivity index (χ0n) is 20.3. The van der Waals surface area contributed by atoms with Crippen molar-refractivity contribution in [1.82, 2.24) is 0 Å². The molecule has 3 aliphatic rings. The van der Waals surface area contributed by atoms with Crippen molar-refractivity contribution in [2.45, 2.75) is 98.5 Å². The van der Waals surface area contributed by atoms with Crippen LogP contribution in [0.2, 0.25) is 0 Å². The molecule has 3 rings (SSSR count). The Morgan fingerprint density at radius 2 is 0.895 bits per heavy atom. The van der Waals surface area contributed by atoms with E-state index in [9.17, 15) is 56.2 Å². The van der Waals surface area contributed by atoms with E-state index in [-0.39, 0.29) is 6.61 Å². The summed E-state index contributed by atoms with van der Waals surface area (Å²) >= 11 is 0. The molecule has 12 N–H and O–H groups in total. The van der Waals surface area contributed by atoms with Crippen molar-refractivity contribution in [1.29, 1.82) is 0 Å². The van der Waals surface area contributed by atoms with Gasteiger partial charge in [0, 0.05) is 6.61 Å². The summed E-state index contributed by atoms with van der Waals surface area (Å²) in [6, 6.07) is 0. The number of ether oxygens (including phenoxy) is 5. The smallest absolute Gasteiger partial charge is 0.187 e. The molecule has 1 radical (unpaired) electrons. The predicted octanol–water partition coefficient (Wildman–Crippen LogP) is -7.37. The summed E-state index contributed by atoms with van der Waals surface area (Å²) in [5, 5.41) is 117. The largest absolute Gasteiger partial charge is 0.396 e. The van der Waals surface area contributed by atoms with Gasteiger partial charge in [0.1, 0.15) is 73.2 Å². The van der Waals surface area contributed by atoms with Crippen LogP contribution in [0, 0.1) is 6.92 Å². The lowest BCUT2D eigenvalue weighted by Crippen LogP contribution is -2.66. The van der Waals surface area contributed by atoms with Crippen LogP contribution in [0.4, 0.5) is 0 Å². The molecule has 17 heteroatoms. The second-order valence-electron chi connectivity index (χ2n) is 8.91. The van der Waals surface area contributed by atoms with E-state index in [1.165, 1.54) is 0 Å². The second kappa shape index (κ2) is 15.4. The van der Waals surface area contributed by atoms with Crippen molar-refractivity contribution in [2.75, 3.05) is 26.4 Å². The lowest BCUT2D eigenvalue weighted by Gasteiger charge is -2.47. The molecular weight excluding hydrogens is 524 g/mol. The van der Waals surface area contributed by atoms with E-state index in [4.69, 9.17) is 28.8 Å². The molecule has 0 aromatic heterocycles. The van der Waals surface area contributed by atoms with Crippen LogP contribution in [-0.4, -0.2) is 180 Å². The van der Waals surface area contributed by atoms with Gasteiger partial charge < -0.3 is 85.0 Å². The van der Waals surface area contributed by atoms with Crippen molar-refractivity contribution >= 4 is 0 Å². The van der Waals surface area contributed by atoms with Crippen LogP contribution in [0.25, 0.3) is 0 Å². The molecule has 0 aromatic carbocycles. The molecule has 38 heavy (non-hydrogen) atoms. The number of hydrogen-bond acceptors (Lipinski definition) is 17. The number of aliphatic hydroxyl groups is 12. The quantitative estimate of drug-likeness (QED) is 0.130. The van der Waals surface area contributed by atoms with Crippen LogP contribution in [0.5, 0.6) is 0 Å². The summed E-state index contributed by atoms with van der Waals surface area (Å²) in [4.78, 5) is 0. The first-order valence-corrected chi connectivity index (χ1v) is 11.9. The van der Waals surface area contributed by atoms with Gasteiger partial charge >= 0.3 is 0 Å². The van der Waals surface area contributed by atoms with Crippen LogP contribution in [0.15, 0.2) is 0 Å². The van der Waals surface area contributed by atoms with Crippen LogP contribution >= 0.6 is 0 Å². The van der Waals surface area contributed by atoms with Crippen molar-refractivity contribution < 1.29 is 85.0 Å². The number of rotatable bonds is 8. The fraction of sp³-hybridized carbons (Fsp3) is 0.952. The normalized spacial score (nSPS) is 47.8. The van der Waals surface area contributed by atoms with Gasteiger partial charge in [-0.2, -0.15) is 0 Å². The van der Waals surface area contributed by atoms with Crippen molar-refractivity contribution in [3.63, 3.8) is 0 Å². The van der Waals surface area contributed by atoms with Gasteiger partial charge in [0.15, 0.2) is 18.9 Å². The molecule has 0 bridgehead atoms. The highest BCUT2D eigenvalue weighted by molar-refractivity contribution is 4.96. The first-order chi connectivity index (χ1) is 18.0. The van der Waals surface area contributed by atoms with E-state index >= 15 is 0 Å². The minimum Gasteiger partial charge on any atom is -0.396 e. The third-order valence-corrected chi connectivity index (χ3v) is 6.25. The zero-order valence-corrected chi connectivity index (χ0v) is 20.3. The molecule has 0 aromatic rings. The zero-order chi connectivity index (χ0) is 28.7. The third kappa shape index (κ3) is 7.53. The van der Waals surface area contributed by atoms with Crippen LogP contribution < -0.4 is 0 Å². The van der Waals surface area contributed by atoms with Crippen molar-refractivity contribution in [2.24, 2.45) is 0 Å². The fourth-order valence-electron chi connectivity index (χ4n) is 4.06. The monoisotopic (exact) mass is 563 g/mol. The molecule has 0 amide bonds. The average Bonchev–Trinajstić information content (AvgIpc) is 2.92. The topological polar surface area (TPSA) is 289 Å². The second-order valence-corrected chi connectivity index (χ2v) is 8.91. The van der Waals surface area contributed by atoms with E-state index in [1.54, 1.807) is 0 Å². The molecular formula is C21H39O17. The van der Waals surface area contributed by atoms with Crippen molar-refractivity contribution in [3.05, 3.63) is 6.92 Å². The summed E-state index contributed by atoms with van der Waals surface area (Å²) in [6.07, 6.45) is -24.5. The Kier molecular flexibility index (Phi) is 13.5. The Morgan fingerprint density at radius 1 is 0.500 bits per heavy atom. The summed E-state index contributed by atoms with van der Waals surface area (Å²) in [5.74, 6) is 0. The number of aliphatic hydroxyl groups excluding tert-OH is 12. The maximum atomic E-state index is 10.6. The van der Waals surface area contributed by atoms with Gasteiger partial charge in [-0.15, -0.1) is 0 Å². The number of hydrogen-bond donors (Lipinski definition) is 12. The average molecular weight is 564 g/mol. The first kappa shape index (κ1) is 33.5. The van der Waals surface area contributed by atoms with E-state index < -0.39 is 112 Å². The SMILES string of the molecule is OC[C@H]1OC(O[C@H]2[C@H](O)[C@@H](O)C(O[C@H]3[C@H](O)[C@@H](O)[C@@H](O)O[C@@H]3CO)O[C@@H]2CO)[C@H](O)[C@@H](O)[C@@H]1O.[CH2]CCO. The van der Waals surface area contributed by atoms with Gasteiger partial charge in [-0.3, -0.25) is 0 Å². The molecule has 17 nitrogen and oxygen atoms in total. The van der Waals surface area contributed by atoms with Gasteiger partial charge in [-0.25, -0.2) is 0 Å². The molecule has 0 aliphatic carbocycles. The van der Waals surface area contributed by atoms with Gasteiger partial charge in [-0.05, 0) is 6.42 Å². The standard InChI is InChI=1S/C18H32O16.C3H7O/c19-1-4-7(22)8(23)12(27)17(31-4)34-15-6(3-21)32-18(13(28)10(15)25)33-14-5(2-20)30-16(29)11(26)9(14)24;1-2-3-4/h4-29H,1-3H2;4H,1-3H2/t4-,5-,6-,7-,8+,9-,10-,11-,12-,13-,14-,15-,16+,17?,18?;/m1./s1. The summed E-state index contributed by atoms with van der Waals surface area (Å²) in [6.45, 7) is 1.24. The first-order valence-electron chi connectivity index (χ1n) is 11.9. The van der Waals surface area contributed by atoms with Crippen LogP contribution in [-0.2, 0) is 23.7 Å². The van der Waals surface area contributed by atoms with Gasteiger partial charge in [0.25, 0.3) is 0 Å². The molecule has 3 aliphatic heterocycles. The van der Waals surface area contributed by atoms with Crippen LogP contribution in [0.3, 0.4) is 0 Å². The summed E-state index contributed by atoms with van der Waals surface area (Å²) in [7, 11) is 0. The molecule has 0 saturated carbocycles. The Labute approximate surface area is 217 Å². The van der Waals surface area contributed by atoms with E-state index in [2.05, 4.69) is 6.92 Å². The molecule has 2 unspecified atom stereocenters. The highest BCUT2D eigenvalue weighted by atomic mass is 16.8. The minimum absolute atomic E-state index is 0.208. The molecule has 3 heterocycles. The highest BCUT2D eigenvalue weighted by Crippen LogP contribution is 2.32. The Bertz CT molecular complexity index is 666. The maximum Gasteiger partial charge on any atom is 0.187 e. The maximum absolute atomic E-state index is 10.6. The third-order valence-electron chi connectivity index (χ3n) is 6.25. The van der Waals surface area contributed by atoms with Crippen LogP contribution in [0.1, 0.15) is 6.42 Å². The minimum atomic E-state index is -1.91. The molecule has 225 valence electrons. The molecule has 0 spiro atoms. The molecule has 15 atom stereocenters. The summed E-state index contributed by atoms with van der Waals surface area (Å²) < 4.78 is 26.4. The Morgan fingerprint density at radius 3 is 1.34 bits per heavy atom. The van der Waals surface area contributed by atoms with Gasteiger partial charge in [0.2, 0.25) is 0 Å². The Hall–Kier alpha value is -0.680. The van der Waals surface area contributed by atoms with E-state index in [1.807, 2.05) is 0 Å². The highest BCUT2D eigenvalue weighted by Gasteiger charge is 2.53. The molecule has 3 saturated heterocycles. The predicted molar refractivity (Wildman–Crippen MR) is 118 cm³/mol. The fourth-order valence-corrected chi connectivity index (χ4v) is 4.06. The lowest BCUT2D eigenvalue weighted by atomic mass is 9.96. The van der Waals surface area contributed by atoms with E-state index in [0.29, 0.717) is 6.42 Å². The van der Waals surface area contributed by atoms with Gasteiger partial charge in [-0.1, -0.05) is 6.92 Å². The molecule has 3 fully saturated rings. The Balaban J connectivity index is 0.00000118. The van der Waals surface area contributed by atoms with E-state index in [0.717, 1.165) is 0 Å². The van der Waals surface area contributed by atoms with Gasteiger partial charge in [0.05, 0.1) is 19.8 Å². The summed E-state index contributed by atoms with van der Waals surface area (Å²) in [5.41, 5.74) is 0. The van der Waals surface area contributed by atoms with Crippen molar-refractivity contribution in [3.8, 4) is 0 Å².